The lowest BCUT2D eigenvalue weighted by Gasteiger charge is -2.00. The summed E-state index contributed by atoms with van der Waals surface area (Å²) in [7, 11) is 0. The van der Waals surface area contributed by atoms with E-state index in [1.165, 1.54) is 0 Å². The Morgan fingerprint density at radius 3 is 2.67 bits per heavy atom. The van der Waals surface area contributed by atoms with Crippen LogP contribution in [0.2, 0.25) is 0 Å². The van der Waals surface area contributed by atoms with Gasteiger partial charge in [-0.15, -0.1) is 0 Å². The number of benzene rings is 1. The highest BCUT2D eigenvalue weighted by atomic mass is 79.9. The fourth-order valence-electron chi connectivity index (χ4n) is 1.68. The Balaban J connectivity index is 2.22. The number of fused-ring (bicyclic) bond motifs is 1. The zero-order chi connectivity index (χ0) is 12.7. The second-order valence-electron chi connectivity index (χ2n) is 3.73. The van der Waals surface area contributed by atoms with Crippen LogP contribution in [0.25, 0.3) is 22.6 Å². The monoisotopic (exact) mass is 429 g/mol. The maximum Gasteiger partial charge on any atom is 0.178 e. The Labute approximate surface area is 128 Å². The molecule has 6 heteroatoms. The van der Waals surface area contributed by atoms with Crippen LogP contribution in [0.5, 0.6) is 0 Å². The lowest BCUT2D eigenvalue weighted by Crippen LogP contribution is -1.82. The van der Waals surface area contributed by atoms with E-state index in [2.05, 4.69) is 62.7 Å². The van der Waals surface area contributed by atoms with Crippen LogP contribution in [0.4, 0.5) is 0 Å². The largest absolute Gasteiger partial charge is 0.337 e. The molecule has 1 aromatic carbocycles. The summed E-state index contributed by atoms with van der Waals surface area (Å²) in [6.45, 7) is 0. The van der Waals surface area contributed by atoms with Crippen molar-refractivity contribution in [3.05, 3.63) is 43.9 Å². The Hall–Kier alpha value is -0.720. The number of rotatable bonds is 1. The summed E-state index contributed by atoms with van der Waals surface area (Å²) in [5.74, 6) is 0.795. The molecule has 0 aliphatic heterocycles. The first-order valence-electron chi connectivity index (χ1n) is 5.10. The predicted octanol–water partition coefficient (Wildman–Crippen LogP) is 4.91. The second kappa shape index (κ2) is 4.75. The van der Waals surface area contributed by atoms with Gasteiger partial charge in [0.05, 0.1) is 5.52 Å². The van der Waals surface area contributed by atoms with Gasteiger partial charge in [-0.2, -0.15) is 0 Å². The van der Waals surface area contributed by atoms with E-state index in [9.17, 15) is 0 Å². The summed E-state index contributed by atoms with van der Waals surface area (Å²) in [5, 5.41) is 0. The molecule has 2 heterocycles. The molecule has 0 spiro atoms. The van der Waals surface area contributed by atoms with Gasteiger partial charge in [0.1, 0.15) is 5.82 Å². The van der Waals surface area contributed by atoms with E-state index in [0.717, 1.165) is 30.3 Å². The van der Waals surface area contributed by atoms with Crippen molar-refractivity contribution in [2.24, 2.45) is 0 Å². The fourth-order valence-corrected chi connectivity index (χ4v) is 2.81. The lowest BCUT2D eigenvalue weighted by molar-refractivity contribution is 1.29. The molecule has 3 nitrogen and oxygen atoms in total. The van der Waals surface area contributed by atoms with Gasteiger partial charge in [-0.25, -0.2) is 9.97 Å². The first-order valence-corrected chi connectivity index (χ1v) is 7.48. The minimum atomic E-state index is 0.708. The zero-order valence-electron chi connectivity index (χ0n) is 8.92. The first kappa shape index (κ1) is 12.3. The normalized spacial score (nSPS) is 11.1. The lowest BCUT2D eigenvalue weighted by atomic mass is 10.2. The number of hydrogen-bond donors (Lipinski definition) is 1. The van der Waals surface area contributed by atoms with Gasteiger partial charge >= 0.3 is 0 Å². The quantitative estimate of drug-likeness (QED) is 0.594. The van der Waals surface area contributed by atoms with Crippen molar-refractivity contribution in [3.63, 3.8) is 0 Å². The highest BCUT2D eigenvalue weighted by Gasteiger charge is 2.10. The van der Waals surface area contributed by atoms with Gasteiger partial charge in [0, 0.05) is 25.2 Å². The number of nitrogens with one attached hydrogen (secondary N) is 1. The molecule has 0 amide bonds. The molecular weight excluding hydrogens is 426 g/mol. The van der Waals surface area contributed by atoms with Gasteiger partial charge in [0.25, 0.3) is 0 Å². The van der Waals surface area contributed by atoms with Crippen molar-refractivity contribution < 1.29 is 0 Å². The molecule has 0 saturated carbocycles. The van der Waals surface area contributed by atoms with Crippen LogP contribution in [-0.2, 0) is 0 Å². The van der Waals surface area contributed by atoms with Gasteiger partial charge in [-0.3, -0.25) is 0 Å². The van der Waals surface area contributed by atoms with Crippen molar-refractivity contribution in [2.75, 3.05) is 0 Å². The van der Waals surface area contributed by atoms with E-state index in [-0.39, 0.29) is 0 Å². The summed E-state index contributed by atoms with van der Waals surface area (Å²) in [5.41, 5.74) is 2.62. The van der Waals surface area contributed by atoms with Gasteiger partial charge in [0.2, 0.25) is 0 Å². The van der Waals surface area contributed by atoms with Gasteiger partial charge < -0.3 is 4.98 Å². The molecule has 0 radical (unpaired) electrons. The molecule has 0 unspecified atom stereocenters. The number of H-pyrrole nitrogens is 1. The highest BCUT2D eigenvalue weighted by Crippen LogP contribution is 2.30. The summed E-state index contributed by atoms with van der Waals surface area (Å²) in [4.78, 5) is 12.0. The minimum Gasteiger partial charge on any atom is -0.337 e. The molecule has 3 aromatic rings. The summed E-state index contributed by atoms with van der Waals surface area (Å²) in [6, 6.07) is 7.93. The number of pyridine rings is 1. The number of aromatic nitrogens is 3. The molecule has 0 aliphatic carbocycles. The minimum absolute atomic E-state index is 0.708. The zero-order valence-corrected chi connectivity index (χ0v) is 13.7. The van der Waals surface area contributed by atoms with Gasteiger partial charge in [-0.05, 0) is 40.2 Å². The first-order chi connectivity index (χ1) is 8.63. The van der Waals surface area contributed by atoms with Crippen molar-refractivity contribution in [1.29, 1.82) is 0 Å². The Bertz CT molecular complexity index is 737. The summed E-state index contributed by atoms with van der Waals surface area (Å²) >= 11 is 10.4. The van der Waals surface area contributed by atoms with Crippen LogP contribution in [0.15, 0.2) is 43.9 Å². The molecule has 1 N–H and O–H groups in total. The molecule has 2 aromatic heterocycles. The molecule has 0 atom stereocenters. The maximum atomic E-state index is 4.49. The third-order valence-electron chi connectivity index (χ3n) is 2.49. The topological polar surface area (TPSA) is 41.6 Å². The van der Waals surface area contributed by atoms with E-state index >= 15 is 0 Å². The SMILES string of the molecule is Brc1ccc(Br)c(-c2nc3ncc(Br)cc3[nH]2)c1. The third-order valence-corrected chi connectivity index (χ3v) is 4.11. The van der Waals surface area contributed by atoms with E-state index in [0.29, 0.717) is 5.65 Å². The molecule has 0 aliphatic rings. The smallest absolute Gasteiger partial charge is 0.178 e. The van der Waals surface area contributed by atoms with Crippen molar-refractivity contribution >= 4 is 59.0 Å². The summed E-state index contributed by atoms with van der Waals surface area (Å²) < 4.78 is 2.93. The van der Waals surface area contributed by atoms with E-state index in [1.807, 2.05) is 24.3 Å². The van der Waals surface area contributed by atoms with Crippen LogP contribution in [0, 0.1) is 0 Å². The van der Waals surface area contributed by atoms with Crippen LogP contribution in [0.1, 0.15) is 0 Å². The van der Waals surface area contributed by atoms with Gasteiger partial charge in [-0.1, -0.05) is 31.9 Å². The van der Waals surface area contributed by atoms with Crippen molar-refractivity contribution in [3.8, 4) is 11.4 Å². The highest BCUT2D eigenvalue weighted by molar-refractivity contribution is 9.11. The average molecular weight is 432 g/mol. The Kier molecular flexibility index (Phi) is 3.25. The number of imidazole rings is 1. The molecule has 18 heavy (non-hydrogen) atoms. The fraction of sp³-hybridized carbons (Fsp3) is 0. The van der Waals surface area contributed by atoms with Crippen LogP contribution < -0.4 is 0 Å². The van der Waals surface area contributed by atoms with E-state index in [4.69, 9.17) is 0 Å². The number of nitrogens with zero attached hydrogens (tertiary/aromatic N) is 2. The second-order valence-corrected chi connectivity index (χ2v) is 6.42. The Morgan fingerprint density at radius 1 is 1.00 bits per heavy atom. The van der Waals surface area contributed by atoms with E-state index < -0.39 is 0 Å². The molecule has 0 bridgehead atoms. The van der Waals surface area contributed by atoms with Crippen LogP contribution in [0.3, 0.4) is 0 Å². The summed E-state index contributed by atoms with van der Waals surface area (Å²) in [6.07, 6.45) is 1.74. The van der Waals surface area contributed by atoms with Gasteiger partial charge in [0.15, 0.2) is 5.65 Å². The molecule has 0 saturated heterocycles. The molecule has 0 fully saturated rings. The van der Waals surface area contributed by atoms with Crippen LogP contribution in [-0.4, -0.2) is 15.0 Å². The standard InChI is InChI=1S/C12H6Br3N3/c13-6-1-2-9(15)8(3-6)11-17-10-4-7(14)5-16-12(10)18-11/h1-5H,(H,16,17,18). The molecule has 3 rings (SSSR count). The predicted molar refractivity (Wildman–Crippen MR) is 82.4 cm³/mol. The average Bonchev–Trinajstić information content (AvgIpc) is 2.74. The Morgan fingerprint density at radius 2 is 1.83 bits per heavy atom. The third kappa shape index (κ3) is 2.24. The molecule has 90 valence electrons. The number of aromatic amines is 1. The number of halogens is 3. The molecular formula is C12H6Br3N3. The van der Waals surface area contributed by atoms with Crippen LogP contribution >= 0.6 is 47.8 Å². The maximum absolute atomic E-state index is 4.49. The number of hydrogen-bond acceptors (Lipinski definition) is 2. The van der Waals surface area contributed by atoms with Crippen molar-refractivity contribution in [2.45, 2.75) is 0 Å². The van der Waals surface area contributed by atoms with Crippen molar-refractivity contribution in [1.82, 2.24) is 15.0 Å². The van der Waals surface area contributed by atoms with E-state index in [1.54, 1.807) is 6.20 Å².